The Morgan fingerprint density at radius 2 is 1.95 bits per heavy atom. The highest BCUT2D eigenvalue weighted by Crippen LogP contribution is 2.42. The highest BCUT2D eigenvalue weighted by Gasteiger charge is 2.37. The van der Waals surface area contributed by atoms with Crippen molar-refractivity contribution in [1.29, 1.82) is 0 Å². The van der Waals surface area contributed by atoms with Crippen LogP contribution >= 0.6 is 0 Å². The molecule has 3 N–H and O–H groups in total. The van der Waals surface area contributed by atoms with E-state index < -0.39 is 52.5 Å². The van der Waals surface area contributed by atoms with Crippen molar-refractivity contribution in [3.63, 3.8) is 0 Å². The number of aliphatic hydroxyl groups excluding tert-OH is 1. The number of amides is 1. The zero-order valence-electron chi connectivity index (χ0n) is 24.0. The summed E-state index contributed by atoms with van der Waals surface area (Å²) in [7, 11) is -1.68. The first kappa shape index (κ1) is 33.3. The summed E-state index contributed by atoms with van der Waals surface area (Å²) in [5, 5.41) is 17.4. The molecule has 0 saturated carbocycles. The number of hydrogen-bond donors (Lipinski definition) is 3. The summed E-state index contributed by atoms with van der Waals surface area (Å²) in [4.78, 5) is 13.5. The molecule has 232 valence electrons. The van der Waals surface area contributed by atoms with Crippen molar-refractivity contribution in [3.05, 3.63) is 41.5 Å². The number of carbonyl (C=O) groups is 1. The smallest absolute Gasteiger partial charge is 0.390 e. The third-order valence-electron chi connectivity index (χ3n) is 7.55. The van der Waals surface area contributed by atoms with Crippen molar-refractivity contribution in [2.75, 3.05) is 33.1 Å². The predicted molar refractivity (Wildman–Crippen MR) is 149 cm³/mol. The number of likely N-dealkylation sites (N-methyl/N-ethyl adjacent to an activating group) is 1. The van der Waals surface area contributed by atoms with Crippen LogP contribution in [0.15, 0.2) is 30.4 Å². The van der Waals surface area contributed by atoms with E-state index in [-0.39, 0.29) is 37.6 Å². The van der Waals surface area contributed by atoms with Gasteiger partial charge >= 0.3 is 6.18 Å². The molecule has 9 nitrogen and oxygen atoms in total. The number of sulfonamides is 1. The van der Waals surface area contributed by atoms with Crippen molar-refractivity contribution < 1.29 is 41.0 Å². The van der Waals surface area contributed by atoms with Crippen molar-refractivity contribution in [2.24, 2.45) is 5.92 Å². The molecule has 41 heavy (non-hydrogen) atoms. The number of aliphatic hydroxyl groups is 1. The lowest BCUT2D eigenvalue weighted by Gasteiger charge is -2.32. The van der Waals surface area contributed by atoms with Gasteiger partial charge in [-0.2, -0.15) is 17.5 Å². The van der Waals surface area contributed by atoms with Gasteiger partial charge in [0.25, 0.3) is 0 Å². The Bertz CT molecular complexity index is 1160. The zero-order valence-corrected chi connectivity index (χ0v) is 24.8. The number of fused-ring (bicyclic) bond motifs is 5. The number of halogens is 3. The molecule has 0 radical (unpaired) electrons. The third-order valence-corrected chi connectivity index (χ3v) is 9.40. The second-order valence-electron chi connectivity index (χ2n) is 11.1. The molecule has 1 aromatic rings. The van der Waals surface area contributed by atoms with E-state index in [0.29, 0.717) is 25.0 Å². The van der Waals surface area contributed by atoms with Gasteiger partial charge < -0.3 is 25.2 Å². The first-order valence-electron chi connectivity index (χ1n) is 13.9. The number of benzene rings is 1. The lowest BCUT2D eigenvalue weighted by molar-refractivity contribution is -0.130. The maximum Gasteiger partial charge on any atom is 0.390 e. The first-order chi connectivity index (χ1) is 19.2. The van der Waals surface area contributed by atoms with Gasteiger partial charge in [-0.1, -0.05) is 32.1 Å². The maximum absolute atomic E-state index is 13.5. The van der Waals surface area contributed by atoms with Gasteiger partial charge in [-0.15, -0.1) is 0 Å². The summed E-state index contributed by atoms with van der Waals surface area (Å²) in [6.07, 6.45) is -2.42. The average molecular weight is 606 g/mol. The number of allylic oxidation sites excluding steroid dienone is 1. The molecular formula is C28H42F3N3O6S. The molecule has 1 aliphatic heterocycles. The highest BCUT2D eigenvalue weighted by atomic mass is 32.2. The van der Waals surface area contributed by atoms with Crippen molar-refractivity contribution in [3.8, 4) is 5.75 Å². The lowest BCUT2D eigenvalue weighted by atomic mass is 9.97. The Labute approximate surface area is 240 Å². The molecule has 0 aromatic heterocycles. The molecule has 1 aromatic carbocycles. The third kappa shape index (κ3) is 9.40. The summed E-state index contributed by atoms with van der Waals surface area (Å²) in [6, 6.07) is 3.68. The first-order valence-corrected chi connectivity index (χ1v) is 15.5. The zero-order chi connectivity index (χ0) is 30.4. The van der Waals surface area contributed by atoms with Crippen LogP contribution in [0.1, 0.15) is 69.2 Å². The van der Waals surface area contributed by atoms with Crippen LogP contribution in [-0.2, 0) is 19.6 Å². The summed E-state index contributed by atoms with van der Waals surface area (Å²) < 4.78 is 76.1. The van der Waals surface area contributed by atoms with E-state index in [1.165, 1.54) is 0 Å². The molecule has 0 fully saturated rings. The SMILES string of the molecule is COc1ccc2c(c1)[C@@H]1C[C@H]2OCC=CCC[C@H](N(C)S(=O)(=O)CCC(F)(F)F)C(=O)N[C@@H](CC(C)C)[C@H](O)CN1. The number of β-amino-alcohol motifs (C(OH)–C–C–N with tert-alkyl or cyclic N) is 1. The number of hydrogen-bond acceptors (Lipinski definition) is 7. The molecule has 2 aliphatic rings. The molecule has 13 heteroatoms. The molecule has 1 amide bonds. The number of ether oxygens (including phenoxy) is 2. The van der Waals surface area contributed by atoms with Crippen LogP contribution < -0.4 is 15.4 Å². The second kappa shape index (κ2) is 14.3. The van der Waals surface area contributed by atoms with Crippen LogP contribution in [0.2, 0.25) is 0 Å². The highest BCUT2D eigenvalue weighted by molar-refractivity contribution is 7.89. The van der Waals surface area contributed by atoms with Gasteiger partial charge in [0.1, 0.15) is 11.8 Å². The largest absolute Gasteiger partial charge is 0.497 e. The van der Waals surface area contributed by atoms with Crippen LogP contribution in [-0.4, -0.2) is 81.2 Å². The molecule has 2 bridgehead atoms. The molecule has 1 heterocycles. The fourth-order valence-corrected chi connectivity index (χ4v) is 6.64. The van der Waals surface area contributed by atoms with Gasteiger partial charge in [0, 0.05) is 19.6 Å². The van der Waals surface area contributed by atoms with Crippen LogP contribution in [0.4, 0.5) is 13.2 Å². The van der Waals surface area contributed by atoms with Gasteiger partial charge in [-0.3, -0.25) is 4.79 Å². The summed E-state index contributed by atoms with van der Waals surface area (Å²) in [5.74, 6) is -1.03. The van der Waals surface area contributed by atoms with E-state index in [9.17, 15) is 31.5 Å². The van der Waals surface area contributed by atoms with Gasteiger partial charge in [0.15, 0.2) is 0 Å². The second-order valence-corrected chi connectivity index (χ2v) is 13.2. The van der Waals surface area contributed by atoms with Gasteiger partial charge in [0.05, 0.1) is 44.1 Å². The van der Waals surface area contributed by atoms with Gasteiger partial charge in [-0.25, -0.2) is 8.42 Å². The van der Waals surface area contributed by atoms with Crippen molar-refractivity contribution >= 4 is 15.9 Å². The normalized spacial score (nSPS) is 26.7. The van der Waals surface area contributed by atoms with E-state index in [2.05, 4.69) is 10.6 Å². The molecule has 0 saturated heterocycles. The Morgan fingerprint density at radius 1 is 1.22 bits per heavy atom. The van der Waals surface area contributed by atoms with Crippen molar-refractivity contribution in [1.82, 2.24) is 14.9 Å². The number of methoxy groups -OCH3 is 1. The number of carbonyl (C=O) groups excluding carboxylic acids is 1. The summed E-state index contributed by atoms with van der Waals surface area (Å²) >= 11 is 0. The maximum atomic E-state index is 13.5. The predicted octanol–water partition coefficient (Wildman–Crippen LogP) is 3.61. The Morgan fingerprint density at radius 3 is 2.61 bits per heavy atom. The molecule has 0 spiro atoms. The average Bonchev–Trinajstić information content (AvgIpc) is 3.24. The monoisotopic (exact) mass is 605 g/mol. The van der Waals surface area contributed by atoms with Crippen LogP contribution in [0, 0.1) is 5.92 Å². The van der Waals surface area contributed by atoms with Crippen LogP contribution in [0.3, 0.4) is 0 Å². The quantitative estimate of drug-likeness (QED) is 0.407. The Hall–Kier alpha value is -2.19. The van der Waals surface area contributed by atoms with Gasteiger partial charge in [0.2, 0.25) is 15.9 Å². The van der Waals surface area contributed by atoms with Gasteiger partial charge in [-0.05, 0) is 54.9 Å². The molecule has 0 unspecified atom stereocenters. The van der Waals surface area contributed by atoms with E-state index in [4.69, 9.17) is 9.47 Å². The molecule has 3 rings (SSSR count). The minimum atomic E-state index is -4.65. The molecule has 1 aliphatic carbocycles. The number of alkyl halides is 3. The minimum absolute atomic E-state index is 0.0426. The topological polar surface area (TPSA) is 117 Å². The molecular weight excluding hydrogens is 563 g/mol. The fourth-order valence-electron chi connectivity index (χ4n) is 5.27. The Kier molecular flexibility index (Phi) is 11.6. The minimum Gasteiger partial charge on any atom is -0.497 e. The van der Waals surface area contributed by atoms with E-state index in [1.807, 2.05) is 32.0 Å². The van der Waals surface area contributed by atoms with Crippen LogP contribution in [0.25, 0.3) is 0 Å². The summed E-state index contributed by atoms with van der Waals surface area (Å²) in [6.45, 7) is 4.28. The fraction of sp³-hybridized carbons (Fsp3) is 0.679. The Balaban J connectivity index is 1.87. The lowest BCUT2D eigenvalue weighted by Crippen LogP contribution is -2.55. The molecule has 5 atom stereocenters. The van der Waals surface area contributed by atoms with E-state index >= 15 is 0 Å². The number of rotatable bonds is 7. The van der Waals surface area contributed by atoms with E-state index in [1.54, 1.807) is 19.3 Å². The van der Waals surface area contributed by atoms with E-state index in [0.717, 1.165) is 22.5 Å². The number of nitrogens with zero attached hydrogens (tertiary/aromatic N) is 1. The standard InChI is InChI=1S/C28H42F3N3O6S/c1-18(2)14-23-25(35)17-32-22-16-26(20-10-9-19(39-4)15-21(20)22)40-12-7-5-6-8-24(27(36)33-23)34(3)41(37,38)13-11-28(29,30)31/h5,7,9-10,15,18,22-26,32,35H,6,8,11-14,16-17H2,1-4H3,(H,33,36)/t22-,23-,24-,25+,26+/m0/s1. The summed E-state index contributed by atoms with van der Waals surface area (Å²) in [5.41, 5.74) is 2.03. The van der Waals surface area contributed by atoms with Crippen LogP contribution in [0.5, 0.6) is 5.75 Å². The number of nitrogens with one attached hydrogen (secondary N) is 2. The van der Waals surface area contributed by atoms with Crippen molar-refractivity contribution in [2.45, 2.75) is 82.5 Å².